The predicted molar refractivity (Wildman–Crippen MR) is 115 cm³/mol. The zero-order valence-electron chi connectivity index (χ0n) is 16.0. The Bertz CT molecular complexity index is 994. The molecule has 4 heteroatoms. The molecule has 4 nitrogen and oxygen atoms in total. The third-order valence-corrected chi connectivity index (χ3v) is 4.51. The summed E-state index contributed by atoms with van der Waals surface area (Å²) in [4.78, 5) is 8.07. The number of hydrogen-bond acceptors (Lipinski definition) is 2. The lowest BCUT2D eigenvalue weighted by Gasteiger charge is -1.97. The number of hydrogen-bond donors (Lipinski definition) is 0. The van der Waals surface area contributed by atoms with Gasteiger partial charge in [-0.2, -0.15) is 0 Å². The van der Waals surface area contributed by atoms with E-state index in [1.54, 1.807) is 24.8 Å². The Morgan fingerprint density at radius 2 is 0.793 bits per heavy atom. The minimum atomic E-state index is 0.767. The molecule has 0 bridgehead atoms. The molecule has 0 spiro atoms. The van der Waals surface area contributed by atoms with E-state index >= 15 is 0 Å². The summed E-state index contributed by atoms with van der Waals surface area (Å²) in [6.07, 6.45) is 24.0. The fraction of sp³-hybridized carbons (Fsp3) is 0.0400. The van der Waals surface area contributed by atoms with Crippen LogP contribution in [0.5, 0.6) is 0 Å². The highest BCUT2D eigenvalue weighted by Gasteiger charge is 2.07. The molecule has 0 radical (unpaired) electrons. The lowest BCUT2D eigenvalue weighted by atomic mass is 10.2. The molecule has 4 rings (SSSR count). The molecule has 0 amide bonds. The van der Waals surface area contributed by atoms with Gasteiger partial charge < -0.3 is 0 Å². The molecule has 140 valence electrons. The van der Waals surface area contributed by atoms with Crippen LogP contribution in [0.15, 0.2) is 98.1 Å². The van der Waals surface area contributed by atoms with E-state index in [0.717, 1.165) is 17.8 Å². The van der Waals surface area contributed by atoms with Crippen molar-refractivity contribution in [3.8, 4) is 0 Å². The average molecular weight is 378 g/mol. The summed E-state index contributed by atoms with van der Waals surface area (Å²) in [5.74, 6) is 0. The molecule has 4 heterocycles. The maximum Gasteiger partial charge on any atom is 0.343 e. The van der Waals surface area contributed by atoms with Gasteiger partial charge in [0.1, 0.15) is 0 Å². The van der Waals surface area contributed by atoms with Crippen LogP contribution in [0.4, 0.5) is 0 Å². The SMILES string of the molecule is C(=C\c1cc[n+](C[n+]2ccc(/C=C/c3ccncc3)cc2)cc1)/c1ccncc1. The molecular formula is C25H22N4+2. The molecule has 0 aliphatic carbocycles. The van der Waals surface area contributed by atoms with Crippen molar-refractivity contribution < 1.29 is 9.13 Å². The van der Waals surface area contributed by atoms with Gasteiger partial charge in [0.25, 0.3) is 0 Å². The highest BCUT2D eigenvalue weighted by Crippen LogP contribution is 2.06. The van der Waals surface area contributed by atoms with Crippen LogP contribution in [0.25, 0.3) is 24.3 Å². The van der Waals surface area contributed by atoms with Crippen molar-refractivity contribution in [3.05, 3.63) is 120 Å². The Morgan fingerprint density at radius 3 is 1.14 bits per heavy atom. The molecule has 0 fully saturated rings. The van der Waals surface area contributed by atoms with E-state index in [2.05, 4.69) is 92.5 Å². The van der Waals surface area contributed by atoms with Gasteiger partial charge in [0.2, 0.25) is 0 Å². The molecule has 0 atom stereocenters. The average Bonchev–Trinajstić information content (AvgIpc) is 2.80. The summed E-state index contributed by atoms with van der Waals surface area (Å²) in [6.45, 7) is 0.767. The number of pyridine rings is 4. The van der Waals surface area contributed by atoms with Crippen LogP contribution in [0.1, 0.15) is 22.3 Å². The van der Waals surface area contributed by atoms with Gasteiger partial charge in [0, 0.05) is 49.1 Å². The van der Waals surface area contributed by atoms with Gasteiger partial charge >= 0.3 is 6.67 Å². The Balaban J connectivity index is 1.36. The molecule has 4 aromatic rings. The Kier molecular flexibility index (Phi) is 5.93. The molecule has 0 unspecified atom stereocenters. The first-order chi connectivity index (χ1) is 14.3. The second kappa shape index (κ2) is 9.33. The van der Waals surface area contributed by atoms with Gasteiger partial charge in [-0.15, -0.1) is 9.13 Å². The third-order valence-electron chi connectivity index (χ3n) is 4.51. The minimum absolute atomic E-state index is 0.767. The van der Waals surface area contributed by atoms with Crippen LogP contribution in [0, 0.1) is 0 Å². The van der Waals surface area contributed by atoms with Gasteiger partial charge in [-0.1, -0.05) is 24.3 Å². The number of nitrogens with zero attached hydrogens (tertiary/aromatic N) is 4. The van der Waals surface area contributed by atoms with Crippen molar-refractivity contribution in [1.82, 2.24) is 9.97 Å². The monoisotopic (exact) mass is 378 g/mol. The van der Waals surface area contributed by atoms with Crippen molar-refractivity contribution in [2.45, 2.75) is 6.67 Å². The molecule has 0 saturated carbocycles. The summed E-state index contributed by atoms with van der Waals surface area (Å²) in [7, 11) is 0. The molecule has 0 N–H and O–H groups in total. The number of rotatable bonds is 6. The first-order valence-electron chi connectivity index (χ1n) is 9.50. The standard InChI is InChI=1S/C25H22N4/c1(22-5-13-26-14-6-22)3-24-9-17-28(18-10-24)21-29-19-11-25(12-20-29)4-2-23-7-15-27-16-8-23/h1-20H,21H2/q+2/b3-1+,4-2+. The highest BCUT2D eigenvalue weighted by atomic mass is 15.1. The van der Waals surface area contributed by atoms with Crippen molar-refractivity contribution in [3.63, 3.8) is 0 Å². The van der Waals surface area contributed by atoms with Gasteiger partial charge in [-0.05, 0) is 46.5 Å². The summed E-state index contributed by atoms with van der Waals surface area (Å²) in [6, 6.07) is 16.4. The van der Waals surface area contributed by atoms with Crippen molar-refractivity contribution >= 4 is 24.3 Å². The van der Waals surface area contributed by atoms with Crippen LogP contribution in [-0.4, -0.2) is 9.97 Å². The van der Waals surface area contributed by atoms with Crippen LogP contribution in [0.3, 0.4) is 0 Å². The topological polar surface area (TPSA) is 33.5 Å². The van der Waals surface area contributed by atoms with Crippen LogP contribution in [0.2, 0.25) is 0 Å². The van der Waals surface area contributed by atoms with E-state index in [0.29, 0.717) is 0 Å². The maximum atomic E-state index is 4.04. The van der Waals surface area contributed by atoms with Gasteiger partial charge in [0.15, 0.2) is 24.8 Å². The number of aromatic nitrogens is 4. The summed E-state index contributed by atoms with van der Waals surface area (Å²) < 4.78 is 4.30. The van der Waals surface area contributed by atoms with E-state index in [9.17, 15) is 0 Å². The largest absolute Gasteiger partial charge is 0.343 e. The van der Waals surface area contributed by atoms with Crippen molar-refractivity contribution in [2.24, 2.45) is 0 Å². The molecule has 4 aromatic heterocycles. The fourth-order valence-electron chi connectivity index (χ4n) is 2.87. The van der Waals surface area contributed by atoms with Gasteiger partial charge in [-0.25, -0.2) is 0 Å². The maximum absolute atomic E-state index is 4.04. The first-order valence-corrected chi connectivity index (χ1v) is 9.50. The highest BCUT2D eigenvalue weighted by molar-refractivity contribution is 5.69. The van der Waals surface area contributed by atoms with Crippen molar-refractivity contribution in [1.29, 1.82) is 0 Å². The Labute approximate surface area is 170 Å². The zero-order chi connectivity index (χ0) is 19.7. The predicted octanol–water partition coefficient (Wildman–Crippen LogP) is 3.90. The third kappa shape index (κ3) is 5.53. The summed E-state index contributed by atoms with van der Waals surface area (Å²) in [5, 5.41) is 0. The van der Waals surface area contributed by atoms with E-state index in [1.165, 1.54) is 11.1 Å². The molecule has 29 heavy (non-hydrogen) atoms. The normalized spacial score (nSPS) is 11.3. The van der Waals surface area contributed by atoms with Crippen LogP contribution >= 0.6 is 0 Å². The van der Waals surface area contributed by atoms with E-state index in [4.69, 9.17) is 0 Å². The molecule has 0 aliphatic heterocycles. The molecular weight excluding hydrogens is 356 g/mol. The van der Waals surface area contributed by atoms with Crippen molar-refractivity contribution in [2.75, 3.05) is 0 Å². The van der Waals surface area contributed by atoms with Crippen LogP contribution < -0.4 is 9.13 Å². The second-order valence-corrected chi connectivity index (χ2v) is 6.66. The van der Waals surface area contributed by atoms with Gasteiger partial charge in [-0.3, -0.25) is 9.97 Å². The lowest BCUT2D eigenvalue weighted by Crippen LogP contribution is -2.50. The Morgan fingerprint density at radius 1 is 0.483 bits per heavy atom. The Hall–Kier alpha value is -3.92. The smallest absolute Gasteiger partial charge is 0.265 e. The van der Waals surface area contributed by atoms with E-state index in [1.807, 2.05) is 24.3 Å². The first kappa shape index (κ1) is 18.4. The molecule has 0 saturated heterocycles. The van der Waals surface area contributed by atoms with Gasteiger partial charge in [0.05, 0.1) is 0 Å². The lowest BCUT2D eigenvalue weighted by molar-refractivity contribution is -0.913. The van der Waals surface area contributed by atoms with Crippen LogP contribution in [-0.2, 0) is 6.67 Å². The van der Waals surface area contributed by atoms with E-state index in [-0.39, 0.29) is 0 Å². The summed E-state index contributed by atoms with van der Waals surface area (Å²) >= 11 is 0. The quantitative estimate of drug-likeness (QED) is 0.477. The zero-order valence-corrected chi connectivity index (χ0v) is 16.0. The molecule has 0 aliphatic rings. The molecule has 0 aromatic carbocycles. The fourth-order valence-corrected chi connectivity index (χ4v) is 2.87. The second-order valence-electron chi connectivity index (χ2n) is 6.66. The summed E-state index contributed by atoms with van der Waals surface area (Å²) in [5.41, 5.74) is 4.62. The van der Waals surface area contributed by atoms with E-state index < -0.39 is 0 Å². The minimum Gasteiger partial charge on any atom is -0.265 e.